The van der Waals surface area contributed by atoms with E-state index in [2.05, 4.69) is 10.3 Å². The first-order valence-electron chi connectivity index (χ1n) is 10.1. The Hall–Kier alpha value is -2.62. The number of carbonyl (C=O) groups excluding carboxylic acids is 1. The van der Waals surface area contributed by atoms with Crippen molar-refractivity contribution in [2.75, 3.05) is 6.61 Å². The lowest BCUT2D eigenvalue weighted by atomic mass is 9.81. The number of halogens is 6. The van der Waals surface area contributed by atoms with Gasteiger partial charge in [0.2, 0.25) is 5.91 Å². The molecule has 1 atom stereocenters. The fraction of sp³-hybridized carbons (Fsp3) is 0.455. The lowest BCUT2D eigenvalue weighted by Gasteiger charge is -2.29. The monoisotopic (exact) mass is 460 g/mol. The number of aliphatic hydroxyl groups is 1. The quantitative estimate of drug-likeness (QED) is 0.609. The van der Waals surface area contributed by atoms with Crippen molar-refractivity contribution in [3.63, 3.8) is 0 Å². The number of alkyl halides is 6. The molecule has 0 bridgehead atoms. The van der Waals surface area contributed by atoms with Gasteiger partial charge in [0, 0.05) is 18.7 Å². The first kappa shape index (κ1) is 24.0. The van der Waals surface area contributed by atoms with Gasteiger partial charge in [-0.15, -0.1) is 0 Å². The molecule has 174 valence electrons. The van der Waals surface area contributed by atoms with Gasteiger partial charge in [0.1, 0.15) is 0 Å². The molecule has 1 aliphatic carbocycles. The normalized spacial score (nSPS) is 20.6. The summed E-state index contributed by atoms with van der Waals surface area (Å²) in [5.41, 5.74) is -2.46. The van der Waals surface area contributed by atoms with E-state index in [0.29, 0.717) is 25.7 Å². The van der Waals surface area contributed by atoms with Crippen LogP contribution in [0.2, 0.25) is 0 Å². The summed E-state index contributed by atoms with van der Waals surface area (Å²) in [6.45, 7) is 0.00535. The van der Waals surface area contributed by atoms with E-state index >= 15 is 0 Å². The summed E-state index contributed by atoms with van der Waals surface area (Å²) in [4.78, 5) is 16.7. The number of amides is 1. The van der Waals surface area contributed by atoms with Crippen LogP contribution in [-0.4, -0.2) is 22.6 Å². The number of nitrogens with one attached hydrogen (secondary N) is 1. The highest BCUT2D eigenvalue weighted by molar-refractivity contribution is 5.79. The van der Waals surface area contributed by atoms with Crippen molar-refractivity contribution < 1.29 is 36.2 Å². The highest BCUT2D eigenvalue weighted by Crippen LogP contribution is 2.37. The predicted molar refractivity (Wildman–Crippen MR) is 103 cm³/mol. The van der Waals surface area contributed by atoms with Gasteiger partial charge < -0.3 is 10.4 Å². The minimum atomic E-state index is -4.77. The maximum atomic E-state index is 13.6. The molecule has 1 aliphatic rings. The number of rotatable bonds is 5. The van der Waals surface area contributed by atoms with E-state index in [9.17, 15) is 36.2 Å². The number of aliphatic hydroxyl groups excluding tert-OH is 1. The Labute approximate surface area is 180 Å². The molecule has 1 amide bonds. The summed E-state index contributed by atoms with van der Waals surface area (Å²) in [7, 11) is 0. The highest BCUT2D eigenvalue weighted by Gasteiger charge is 2.38. The van der Waals surface area contributed by atoms with Crippen LogP contribution in [0.15, 0.2) is 42.6 Å². The van der Waals surface area contributed by atoms with Crippen LogP contribution >= 0.6 is 0 Å². The van der Waals surface area contributed by atoms with Gasteiger partial charge in [0.05, 0.1) is 22.9 Å². The van der Waals surface area contributed by atoms with Gasteiger partial charge >= 0.3 is 12.4 Å². The molecule has 1 aromatic carbocycles. The van der Waals surface area contributed by atoms with Crippen LogP contribution in [0.5, 0.6) is 0 Å². The molecular formula is C22H22F6N2O2. The maximum absolute atomic E-state index is 13.6. The van der Waals surface area contributed by atoms with E-state index in [-0.39, 0.29) is 18.1 Å². The van der Waals surface area contributed by atoms with Gasteiger partial charge in [0.15, 0.2) is 0 Å². The van der Waals surface area contributed by atoms with Crippen molar-refractivity contribution in [3.05, 3.63) is 65.0 Å². The van der Waals surface area contributed by atoms with Crippen molar-refractivity contribution >= 4 is 5.91 Å². The van der Waals surface area contributed by atoms with E-state index in [1.165, 1.54) is 0 Å². The number of aromatic nitrogens is 1. The Morgan fingerprint density at radius 3 is 2.16 bits per heavy atom. The Balaban J connectivity index is 1.95. The number of hydrogen-bond donors (Lipinski definition) is 2. The molecule has 0 radical (unpaired) electrons. The topological polar surface area (TPSA) is 62.2 Å². The van der Waals surface area contributed by atoms with Gasteiger partial charge in [-0.3, -0.25) is 9.78 Å². The number of benzene rings is 1. The van der Waals surface area contributed by atoms with Crippen LogP contribution in [0.3, 0.4) is 0 Å². The number of carbonyl (C=O) groups is 1. The molecule has 0 aliphatic heterocycles. The van der Waals surface area contributed by atoms with Gasteiger partial charge in [-0.1, -0.05) is 12.1 Å². The van der Waals surface area contributed by atoms with Gasteiger partial charge in [-0.2, -0.15) is 26.3 Å². The van der Waals surface area contributed by atoms with Crippen molar-refractivity contribution in [2.45, 2.75) is 44.1 Å². The average molecular weight is 460 g/mol. The molecule has 3 rings (SSSR count). The van der Waals surface area contributed by atoms with E-state index in [1.807, 2.05) is 0 Å². The fourth-order valence-electron chi connectivity index (χ4n) is 3.93. The SMILES string of the molecule is O=C(NC(c1ccc(C(F)(F)F)cc1)c1ncccc1C(F)(F)F)C1CCC(CO)CC1. The van der Waals surface area contributed by atoms with Crippen LogP contribution < -0.4 is 5.32 Å². The standard InChI is InChI=1S/C22H22F6N2O2/c23-21(24,25)16-9-7-14(8-10-16)18(19-17(22(26,27)28)2-1-11-29-19)30-20(32)15-5-3-13(12-31)4-6-15/h1-2,7-11,13,15,18,31H,3-6,12H2,(H,30,32). The lowest BCUT2D eigenvalue weighted by molar-refractivity contribution is -0.139. The smallest absolute Gasteiger partial charge is 0.396 e. The zero-order chi connectivity index (χ0) is 23.5. The van der Waals surface area contributed by atoms with Gasteiger partial charge in [-0.25, -0.2) is 0 Å². The van der Waals surface area contributed by atoms with Gasteiger partial charge in [-0.05, 0) is 61.4 Å². The van der Waals surface area contributed by atoms with Crippen LogP contribution in [0.1, 0.15) is 54.1 Å². The first-order chi connectivity index (χ1) is 15.0. The predicted octanol–water partition coefficient (Wildman–Crippen LogP) is 5.12. The number of pyridine rings is 1. The van der Waals surface area contributed by atoms with Gasteiger partial charge in [0.25, 0.3) is 0 Å². The van der Waals surface area contributed by atoms with E-state index < -0.39 is 47.0 Å². The summed E-state index contributed by atoms with van der Waals surface area (Å²) < 4.78 is 79.6. The molecule has 1 saturated carbocycles. The zero-order valence-corrected chi connectivity index (χ0v) is 16.9. The molecule has 0 spiro atoms. The summed E-state index contributed by atoms with van der Waals surface area (Å²) in [6.07, 6.45) is -6.09. The molecule has 2 N–H and O–H groups in total. The van der Waals surface area contributed by atoms with Crippen LogP contribution in [0, 0.1) is 11.8 Å². The lowest BCUT2D eigenvalue weighted by Crippen LogP contribution is -2.37. The fourth-order valence-corrected chi connectivity index (χ4v) is 3.93. The third kappa shape index (κ3) is 5.59. The Morgan fingerprint density at radius 1 is 1.00 bits per heavy atom. The Kier molecular flexibility index (Phi) is 7.12. The second-order valence-electron chi connectivity index (χ2n) is 7.90. The summed E-state index contributed by atoms with van der Waals surface area (Å²) in [6, 6.07) is 4.16. The number of nitrogens with zero attached hydrogens (tertiary/aromatic N) is 1. The molecular weight excluding hydrogens is 438 g/mol. The average Bonchev–Trinajstić information content (AvgIpc) is 2.76. The van der Waals surface area contributed by atoms with Crippen molar-refractivity contribution in [2.24, 2.45) is 11.8 Å². The molecule has 1 fully saturated rings. The molecule has 4 nitrogen and oxygen atoms in total. The largest absolute Gasteiger partial charge is 0.418 e. The molecule has 0 saturated heterocycles. The van der Waals surface area contributed by atoms with Crippen LogP contribution in [-0.2, 0) is 17.1 Å². The van der Waals surface area contributed by atoms with E-state index in [1.54, 1.807) is 0 Å². The number of hydrogen-bond acceptors (Lipinski definition) is 3. The minimum absolute atomic E-state index is 0.00535. The van der Waals surface area contributed by atoms with Crippen molar-refractivity contribution in [1.82, 2.24) is 10.3 Å². The van der Waals surface area contributed by atoms with Crippen LogP contribution in [0.4, 0.5) is 26.3 Å². The third-order valence-corrected chi connectivity index (χ3v) is 5.75. The minimum Gasteiger partial charge on any atom is -0.396 e. The van der Waals surface area contributed by atoms with E-state index in [0.717, 1.165) is 42.6 Å². The second kappa shape index (κ2) is 9.48. The summed E-state index contributed by atoms with van der Waals surface area (Å²) in [5.74, 6) is -0.879. The molecule has 2 aromatic rings. The maximum Gasteiger partial charge on any atom is 0.418 e. The molecule has 1 heterocycles. The molecule has 1 aromatic heterocycles. The first-order valence-corrected chi connectivity index (χ1v) is 10.1. The summed E-state index contributed by atoms with van der Waals surface area (Å²) >= 11 is 0. The Bertz CT molecular complexity index is 919. The molecule has 10 heteroatoms. The summed E-state index contributed by atoms with van der Waals surface area (Å²) in [5, 5.41) is 11.8. The van der Waals surface area contributed by atoms with E-state index in [4.69, 9.17) is 0 Å². The van der Waals surface area contributed by atoms with Crippen LogP contribution in [0.25, 0.3) is 0 Å². The van der Waals surface area contributed by atoms with Crippen molar-refractivity contribution in [3.8, 4) is 0 Å². The Morgan fingerprint density at radius 2 is 1.62 bits per heavy atom. The second-order valence-corrected chi connectivity index (χ2v) is 7.90. The van der Waals surface area contributed by atoms with Crippen molar-refractivity contribution in [1.29, 1.82) is 0 Å². The molecule has 1 unspecified atom stereocenters. The third-order valence-electron chi connectivity index (χ3n) is 5.75. The zero-order valence-electron chi connectivity index (χ0n) is 16.9. The molecule has 32 heavy (non-hydrogen) atoms. The highest BCUT2D eigenvalue weighted by atomic mass is 19.4.